The van der Waals surface area contributed by atoms with E-state index in [1.807, 2.05) is 0 Å². The zero-order valence-corrected chi connectivity index (χ0v) is 11.2. The molecule has 1 aromatic rings. The summed E-state index contributed by atoms with van der Waals surface area (Å²) in [4.78, 5) is 13.1. The largest absolute Gasteiger partial charge is 0.443 e. The second-order valence-electron chi connectivity index (χ2n) is 3.40. The van der Waals surface area contributed by atoms with Crippen LogP contribution >= 0.6 is 39.1 Å². The monoisotopic (exact) mass is 323 g/mol. The van der Waals surface area contributed by atoms with Crippen molar-refractivity contribution in [3.63, 3.8) is 0 Å². The van der Waals surface area contributed by atoms with Crippen LogP contribution in [0.1, 0.15) is 0 Å². The van der Waals surface area contributed by atoms with E-state index in [1.54, 1.807) is 18.2 Å². The fourth-order valence-corrected chi connectivity index (χ4v) is 2.36. The van der Waals surface area contributed by atoms with Crippen LogP contribution in [0.2, 0.25) is 10.0 Å². The molecule has 0 radical (unpaired) electrons. The summed E-state index contributed by atoms with van der Waals surface area (Å²) in [5.74, 6) is 0. The number of rotatable bonds is 2. The van der Waals surface area contributed by atoms with E-state index in [4.69, 9.17) is 27.9 Å². The van der Waals surface area contributed by atoms with Crippen LogP contribution in [0.15, 0.2) is 18.2 Å². The van der Waals surface area contributed by atoms with E-state index in [0.717, 1.165) is 0 Å². The van der Waals surface area contributed by atoms with E-state index in [9.17, 15) is 4.79 Å². The lowest BCUT2D eigenvalue weighted by atomic mass is 10.3. The van der Waals surface area contributed by atoms with Gasteiger partial charge in [-0.3, -0.25) is 4.90 Å². The van der Waals surface area contributed by atoms with E-state index in [-0.39, 0.29) is 12.2 Å². The van der Waals surface area contributed by atoms with Gasteiger partial charge in [-0.05, 0) is 18.2 Å². The van der Waals surface area contributed by atoms with Gasteiger partial charge in [0.1, 0.15) is 6.10 Å². The molecule has 2 rings (SSSR count). The van der Waals surface area contributed by atoms with Crippen molar-refractivity contribution in [2.45, 2.75) is 6.10 Å². The van der Waals surface area contributed by atoms with Crippen molar-refractivity contribution in [1.29, 1.82) is 0 Å². The Morgan fingerprint density at radius 3 is 2.50 bits per heavy atom. The number of halogens is 3. The minimum Gasteiger partial charge on any atom is -0.443 e. The Morgan fingerprint density at radius 2 is 2.00 bits per heavy atom. The SMILES string of the molecule is O=C1OC(CBr)CN1c1cc(Cl)cc(Cl)c1. The molecule has 3 nitrogen and oxygen atoms in total. The number of hydrogen-bond acceptors (Lipinski definition) is 2. The quantitative estimate of drug-likeness (QED) is 0.776. The number of benzene rings is 1. The highest BCUT2D eigenvalue weighted by Gasteiger charge is 2.31. The van der Waals surface area contributed by atoms with Crippen molar-refractivity contribution < 1.29 is 9.53 Å². The first-order valence-corrected chi connectivity index (χ1v) is 6.48. The standard InChI is InChI=1S/C10H8BrCl2NO2/c11-4-9-5-14(10(15)16-9)8-2-6(12)1-7(13)3-8/h1-3,9H,4-5H2. The molecule has 16 heavy (non-hydrogen) atoms. The molecule has 1 heterocycles. The molecule has 1 aromatic carbocycles. The van der Waals surface area contributed by atoms with E-state index < -0.39 is 0 Å². The maximum absolute atomic E-state index is 11.6. The van der Waals surface area contributed by atoms with E-state index >= 15 is 0 Å². The van der Waals surface area contributed by atoms with Crippen LogP contribution in [0.5, 0.6) is 0 Å². The van der Waals surface area contributed by atoms with Gasteiger partial charge in [-0.1, -0.05) is 39.1 Å². The summed E-state index contributed by atoms with van der Waals surface area (Å²) in [6, 6.07) is 4.99. The molecule has 0 bridgehead atoms. The predicted octanol–water partition coefficient (Wildman–Crippen LogP) is 3.71. The van der Waals surface area contributed by atoms with Crippen molar-refractivity contribution >= 4 is 50.9 Å². The molecule has 0 spiro atoms. The third kappa shape index (κ3) is 2.44. The number of cyclic esters (lactones) is 1. The maximum Gasteiger partial charge on any atom is 0.414 e. The smallest absolute Gasteiger partial charge is 0.414 e. The van der Waals surface area contributed by atoms with Crippen LogP contribution in [0.3, 0.4) is 0 Å². The van der Waals surface area contributed by atoms with Gasteiger partial charge in [0.25, 0.3) is 0 Å². The van der Waals surface area contributed by atoms with Crippen molar-refractivity contribution in [1.82, 2.24) is 0 Å². The van der Waals surface area contributed by atoms with Gasteiger partial charge in [0.05, 0.1) is 12.2 Å². The van der Waals surface area contributed by atoms with Gasteiger partial charge >= 0.3 is 6.09 Å². The fourth-order valence-electron chi connectivity index (χ4n) is 1.51. The summed E-state index contributed by atoms with van der Waals surface area (Å²) in [7, 11) is 0. The first kappa shape index (κ1) is 12.0. The third-order valence-corrected chi connectivity index (χ3v) is 3.36. The molecule has 6 heteroatoms. The summed E-state index contributed by atoms with van der Waals surface area (Å²) in [5, 5.41) is 1.61. The molecule has 0 aromatic heterocycles. The Kier molecular flexibility index (Phi) is 3.62. The summed E-state index contributed by atoms with van der Waals surface area (Å²) >= 11 is 15.0. The number of ether oxygens (including phenoxy) is 1. The minimum atomic E-state index is -0.372. The molecule has 1 aliphatic heterocycles. The van der Waals surface area contributed by atoms with Gasteiger partial charge in [-0.15, -0.1) is 0 Å². The van der Waals surface area contributed by atoms with E-state index in [1.165, 1.54) is 4.90 Å². The highest BCUT2D eigenvalue weighted by Crippen LogP contribution is 2.28. The molecule has 0 aliphatic carbocycles. The number of hydrogen-bond donors (Lipinski definition) is 0. The van der Waals surface area contributed by atoms with Gasteiger partial charge in [-0.25, -0.2) is 4.79 Å². The van der Waals surface area contributed by atoms with Crippen molar-refractivity contribution in [2.75, 3.05) is 16.8 Å². The Morgan fingerprint density at radius 1 is 1.38 bits per heavy atom. The lowest BCUT2D eigenvalue weighted by molar-refractivity contribution is 0.152. The highest BCUT2D eigenvalue weighted by molar-refractivity contribution is 9.09. The number of nitrogens with zero attached hydrogens (tertiary/aromatic N) is 1. The molecule has 86 valence electrons. The van der Waals surface area contributed by atoms with Crippen LogP contribution in [0.25, 0.3) is 0 Å². The number of amides is 1. The average molecular weight is 325 g/mol. The minimum absolute atomic E-state index is 0.134. The van der Waals surface area contributed by atoms with Gasteiger partial charge in [0.15, 0.2) is 0 Å². The number of carbonyl (C=O) groups is 1. The average Bonchev–Trinajstić information content (AvgIpc) is 2.58. The van der Waals surface area contributed by atoms with Crippen LogP contribution in [0, 0.1) is 0 Å². The van der Waals surface area contributed by atoms with E-state index in [0.29, 0.717) is 27.6 Å². The second-order valence-corrected chi connectivity index (χ2v) is 4.92. The Labute approximate surface area is 111 Å². The Balaban J connectivity index is 2.27. The second kappa shape index (κ2) is 4.82. The van der Waals surface area contributed by atoms with Gasteiger partial charge in [0.2, 0.25) is 0 Å². The predicted molar refractivity (Wildman–Crippen MR) is 67.9 cm³/mol. The molecule has 1 atom stereocenters. The summed E-state index contributed by atoms with van der Waals surface area (Å²) in [5.41, 5.74) is 0.658. The molecule has 1 unspecified atom stereocenters. The number of carbonyl (C=O) groups excluding carboxylic acids is 1. The fraction of sp³-hybridized carbons (Fsp3) is 0.300. The normalized spacial score (nSPS) is 20.1. The van der Waals surface area contributed by atoms with Crippen molar-refractivity contribution in [3.8, 4) is 0 Å². The molecule has 1 aliphatic rings. The Hall–Kier alpha value is -0.450. The summed E-state index contributed by atoms with van der Waals surface area (Å²) < 4.78 is 5.11. The lowest BCUT2D eigenvalue weighted by Crippen LogP contribution is -2.24. The van der Waals surface area contributed by atoms with Crippen LogP contribution in [-0.2, 0) is 4.74 Å². The van der Waals surface area contributed by atoms with Crippen molar-refractivity contribution in [3.05, 3.63) is 28.2 Å². The van der Waals surface area contributed by atoms with Gasteiger partial charge in [-0.2, -0.15) is 0 Å². The lowest BCUT2D eigenvalue weighted by Gasteiger charge is -2.13. The first-order valence-electron chi connectivity index (χ1n) is 4.60. The molecule has 1 amide bonds. The van der Waals surface area contributed by atoms with Crippen molar-refractivity contribution in [2.24, 2.45) is 0 Å². The number of alkyl halides is 1. The zero-order valence-electron chi connectivity index (χ0n) is 8.12. The van der Waals surface area contributed by atoms with Crippen LogP contribution in [0.4, 0.5) is 10.5 Å². The molecular formula is C10H8BrCl2NO2. The molecular weight excluding hydrogens is 317 g/mol. The van der Waals surface area contributed by atoms with Crippen LogP contribution in [-0.4, -0.2) is 24.1 Å². The van der Waals surface area contributed by atoms with Gasteiger partial charge in [0, 0.05) is 15.4 Å². The topological polar surface area (TPSA) is 29.5 Å². The molecule has 1 fully saturated rings. The third-order valence-electron chi connectivity index (χ3n) is 2.21. The van der Waals surface area contributed by atoms with E-state index in [2.05, 4.69) is 15.9 Å². The molecule has 0 saturated carbocycles. The highest BCUT2D eigenvalue weighted by atomic mass is 79.9. The molecule has 0 N–H and O–H groups in total. The molecule has 1 saturated heterocycles. The maximum atomic E-state index is 11.6. The summed E-state index contributed by atoms with van der Waals surface area (Å²) in [6.07, 6.45) is -0.506. The van der Waals surface area contributed by atoms with Gasteiger partial charge < -0.3 is 4.74 Å². The first-order chi connectivity index (χ1) is 7.60. The number of anilines is 1. The summed E-state index contributed by atoms with van der Waals surface area (Å²) in [6.45, 7) is 0.501. The zero-order chi connectivity index (χ0) is 11.7. The Bertz CT molecular complexity index is 407. The van der Waals surface area contributed by atoms with Crippen LogP contribution < -0.4 is 4.90 Å².